The van der Waals surface area contributed by atoms with Crippen molar-refractivity contribution >= 4 is 34.9 Å². The zero-order chi connectivity index (χ0) is 14.2. The van der Waals surface area contributed by atoms with Gasteiger partial charge >= 0.3 is 0 Å². The van der Waals surface area contributed by atoms with Crippen molar-refractivity contribution in [2.75, 3.05) is 0 Å². The van der Waals surface area contributed by atoms with E-state index < -0.39 is 0 Å². The fourth-order valence-electron chi connectivity index (χ4n) is 3.06. The quantitative estimate of drug-likeness (QED) is 0.458. The highest BCUT2D eigenvalue weighted by Crippen LogP contribution is 2.29. The van der Waals surface area contributed by atoms with Crippen molar-refractivity contribution in [3.05, 3.63) is 78.9 Å². The van der Waals surface area contributed by atoms with Gasteiger partial charge in [-0.15, -0.1) is 0 Å². The van der Waals surface area contributed by atoms with Crippen molar-refractivity contribution in [3.63, 3.8) is 0 Å². The van der Waals surface area contributed by atoms with Gasteiger partial charge in [0.1, 0.15) is 7.85 Å². The molecule has 0 N–H and O–H groups in total. The first-order valence-electron chi connectivity index (χ1n) is 7.30. The van der Waals surface area contributed by atoms with Gasteiger partial charge in [0.05, 0.1) is 0 Å². The molecular formula is C20H15B. The first-order chi connectivity index (χ1) is 10.3. The van der Waals surface area contributed by atoms with Crippen molar-refractivity contribution in [2.45, 2.75) is 0 Å². The van der Waals surface area contributed by atoms with Gasteiger partial charge in [0.15, 0.2) is 0 Å². The molecule has 0 aliphatic carbocycles. The Morgan fingerprint density at radius 1 is 0.571 bits per heavy atom. The molecule has 0 spiro atoms. The molecule has 1 heteroatoms. The summed E-state index contributed by atoms with van der Waals surface area (Å²) in [5.41, 5.74) is 3.92. The summed E-state index contributed by atoms with van der Waals surface area (Å²) in [5.74, 6) is 0. The largest absolute Gasteiger partial charge is 0.140 e. The lowest BCUT2D eigenvalue weighted by atomic mass is 9.86. The molecule has 0 nitrogen and oxygen atoms in total. The summed E-state index contributed by atoms with van der Waals surface area (Å²) in [4.78, 5) is 0. The standard InChI is InChI=1S/C20H15B/c21-20-12-11-17(18-7-3-4-8-19(18)20)16-10-9-14-5-1-2-6-15(14)13-16/h1-13H,21H2. The topological polar surface area (TPSA) is 0 Å². The summed E-state index contributed by atoms with van der Waals surface area (Å²) in [7, 11) is 2.17. The number of hydrogen-bond acceptors (Lipinski definition) is 0. The molecule has 4 aromatic rings. The number of hydrogen-bond donors (Lipinski definition) is 0. The van der Waals surface area contributed by atoms with Crippen LogP contribution in [-0.2, 0) is 0 Å². The second-order valence-electron chi connectivity index (χ2n) is 5.54. The molecule has 0 heterocycles. The molecule has 0 saturated heterocycles. The van der Waals surface area contributed by atoms with E-state index in [9.17, 15) is 0 Å². The predicted octanol–water partition coefficient (Wildman–Crippen LogP) is 3.92. The summed E-state index contributed by atoms with van der Waals surface area (Å²) in [6.45, 7) is 0. The zero-order valence-corrected chi connectivity index (χ0v) is 12.0. The van der Waals surface area contributed by atoms with Crippen molar-refractivity contribution in [1.29, 1.82) is 0 Å². The maximum absolute atomic E-state index is 2.28. The third-order valence-corrected chi connectivity index (χ3v) is 4.20. The highest BCUT2D eigenvalue weighted by molar-refractivity contribution is 6.39. The highest BCUT2D eigenvalue weighted by atomic mass is 14.1. The molecule has 0 aliphatic rings. The van der Waals surface area contributed by atoms with E-state index in [2.05, 4.69) is 86.7 Å². The maximum atomic E-state index is 2.28. The van der Waals surface area contributed by atoms with Crippen LogP contribution in [-0.4, -0.2) is 7.85 Å². The third-order valence-electron chi connectivity index (χ3n) is 4.20. The van der Waals surface area contributed by atoms with Crippen LogP contribution in [0.1, 0.15) is 0 Å². The van der Waals surface area contributed by atoms with E-state index in [1.54, 1.807) is 0 Å². The molecule has 0 unspecified atom stereocenters. The molecule has 0 radical (unpaired) electrons. The molecule has 98 valence electrons. The Hall–Kier alpha value is -2.54. The lowest BCUT2D eigenvalue weighted by molar-refractivity contribution is 1.69. The Kier molecular flexibility index (Phi) is 2.78. The van der Waals surface area contributed by atoms with Gasteiger partial charge in [0.2, 0.25) is 0 Å². The first kappa shape index (κ1) is 12.2. The van der Waals surface area contributed by atoms with Crippen molar-refractivity contribution in [2.24, 2.45) is 0 Å². The SMILES string of the molecule is Bc1ccc(-c2ccc3ccccc3c2)c2ccccc12. The monoisotopic (exact) mass is 266 g/mol. The summed E-state index contributed by atoms with van der Waals surface area (Å²) in [6.07, 6.45) is 0. The van der Waals surface area contributed by atoms with Gasteiger partial charge in [-0.2, -0.15) is 0 Å². The summed E-state index contributed by atoms with van der Waals surface area (Å²) in [6, 6.07) is 28.3. The Morgan fingerprint density at radius 2 is 1.29 bits per heavy atom. The van der Waals surface area contributed by atoms with Gasteiger partial charge in [-0.25, -0.2) is 0 Å². The predicted molar refractivity (Wildman–Crippen MR) is 95.1 cm³/mol. The minimum Gasteiger partial charge on any atom is -0.0812 e. The molecule has 4 rings (SSSR count). The van der Waals surface area contributed by atoms with E-state index in [1.807, 2.05) is 0 Å². The van der Waals surface area contributed by atoms with E-state index in [-0.39, 0.29) is 0 Å². The Balaban J connectivity index is 2.02. The van der Waals surface area contributed by atoms with Gasteiger partial charge in [-0.3, -0.25) is 0 Å². The Labute approximate surface area is 125 Å². The van der Waals surface area contributed by atoms with Crippen LogP contribution in [0, 0.1) is 0 Å². The molecule has 0 fully saturated rings. The summed E-state index contributed by atoms with van der Waals surface area (Å²) in [5, 5.41) is 5.24. The van der Waals surface area contributed by atoms with E-state index in [4.69, 9.17) is 0 Å². The van der Waals surface area contributed by atoms with Crippen LogP contribution in [0.4, 0.5) is 0 Å². The normalized spacial score (nSPS) is 11.0. The van der Waals surface area contributed by atoms with Crippen molar-refractivity contribution < 1.29 is 0 Å². The molecular weight excluding hydrogens is 251 g/mol. The van der Waals surface area contributed by atoms with Crippen molar-refractivity contribution in [1.82, 2.24) is 0 Å². The number of rotatable bonds is 1. The molecule has 4 aromatic carbocycles. The number of benzene rings is 4. The third kappa shape index (κ3) is 2.02. The van der Waals surface area contributed by atoms with E-state index in [1.165, 1.54) is 38.1 Å². The van der Waals surface area contributed by atoms with Gasteiger partial charge in [0.25, 0.3) is 0 Å². The molecule has 21 heavy (non-hydrogen) atoms. The van der Waals surface area contributed by atoms with Crippen LogP contribution in [0.15, 0.2) is 78.9 Å². The molecule has 0 saturated carbocycles. The van der Waals surface area contributed by atoms with Gasteiger partial charge < -0.3 is 0 Å². The van der Waals surface area contributed by atoms with Gasteiger partial charge in [-0.05, 0) is 38.7 Å². The molecule has 0 atom stereocenters. The van der Waals surface area contributed by atoms with E-state index in [0.29, 0.717) is 0 Å². The molecule has 0 aliphatic heterocycles. The Bertz CT molecular complexity index is 954. The smallest absolute Gasteiger partial charge is 0.0812 e. The summed E-state index contributed by atoms with van der Waals surface area (Å²) < 4.78 is 0. The van der Waals surface area contributed by atoms with E-state index in [0.717, 1.165) is 0 Å². The van der Waals surface area contributed by atoms with Crippen LogP contribution in [0.5, 0.6) is 0 Å². The average molecular weight is 266 g/mol. The average Bonchev–Trinajstić information content (AvgIpc) is 2.55. The lowest BCUT2D eigenvalue weighted by Gasteiger charge is -2.10. The minimum absolute atomic E-state index is 1.28. The zero-order valence-electron chi connectivity index (χ0n) is 12.0. The fourth-order valence-corrected chi connectivity index (χ4v) is 3.06. The van der Waals surface area contributed by atoms with Crippen LogP contribution < -0.4 is 5.46 Å². The van der Waals surface area contributed by atoms with E-state index >= 15 is 0 Å². The molecule has 0 bridgehead atoms. The first-order valence-corrected chi connectivity index (χ1v) is 7.30. The minimum atomic E-state index is 1.28. The van der Waals surface area contributed by atoms with Crippen LogP contribution >= 0.6 is 0 Å². The fraction of sp³-hybridized carbons (Fsp3) is 0. The lowest BCUT2D eigenvalue weighted by Crippen LogP contribution is -2.03. The summed E-state index contributed by atoms with van der Waals surface area (Å²) >= 11 is 0. The van der Waals surface area contributed by atoms with Crippen LogP contribution in [0.2, 0.25) is 0 Å². The van der Waals surface area contributed by atoms with Crippen LogP contribution in [0.3, 0.4) is 0 Å². The van der Waals surface area contributed by atoms with Gasteiger partial charge in [-0.1, -0.05) is 78.3 Å². The number of fused-ring (bicyclic) bond motifs is 2. The molecule has 0 aromatic heterocycles. The Morgan fingerprint density at radius 3 is 2.14 bits per heavy atom. The second-order valence-corrected chi connectivity index (χ2v) is 5.54. The maximum Gasteiger partial charge on any atom is 0.140 e. The second kappa shape index (κ2) is 4.78. The molecule has 0 amide bonds. The van der Waals surface area contributed by atoms with Crippen molar-refractivity contribution in [3.8, 4) is 11.1 Å². The van der Waals surface area contributed by atoms with Gasteiger partial charge in [0, 0.05) is 0 Å². The highest BCUT2D eigenvalue weighted by Gasteiger charge is 2.06. The van der Waals surface area contributed by atoms with Crippen LogP contribution in [0.25, 0.3) is 32.7 Å².